The van der Waals surface area contributed by atoms with E-state index in [1.165, 1.54) is 18.2 Å². The number of halogens is 3. The summed E-state index contributed by atoms with van der Waals surface area (Å²) in [5.74, 6) is 0. The number of fused-ring (bicyclic) bond motifs is 1. The van der Waals surface area contributed by atoms with Crippen molar-refractivity contribution in [3.63, 3.8) is 0 Å². The summed E-state index contributed by atoms with van der Waals surface area (Å²) >= 11 is 0. The molecule has 2 aromatic heterocycles. The Morgan fingerprint density at radius 3 is 2.57 bits per heavy atom. The normalized spacial score (nSPS) is 11.9. The van der Waals surface area contributed by atoms with Crippen molar-refractivity contribution in [2.45, 2.75) is 20.0 Å². The van der Waals surface area contributed by atoms with Crippen molar-refractivity contribution in [2.75, 3.05) is 5.32 Å². The van der Waals surface area contributed by atoms with E-state index >= 15 is 0 Å². The largest absolute Gasteiger partial charge is 0.423 e. The van der Waals surface area contributed by atoms with Crippen LogP contribution in [0.1, 0.15) is 17.0 Å². The highest BCUT2D eigenvalue weighted by Gasteiger charge is 2.33. The van der Waals surface area contributed by atoms with Gasteiger partial charge in [-0.05, 0) is 26.0 Å². The number of aromatic nitrogens is 2. The maximum Gasteiger partial charge on any atom is 0.417 e. The van der Waals surface area contributed by atoms with Crippen molar-refractivity contribution in [3.8, 4) is 0 Å². The lowest BCUT2D eigenvalue weighted by atomic mass is 10.1. The molecule has 5 nitrogen and oxygen atoms in total. The van der Waals surface area contributed by atoms with Gasteiger partial charge in [0.1, 0.15) is 5.58 Å². The Labute approximate surface area is 128 Å². The minimum atomic E-state index is -4.62. The van der Waals surface area contributed by atoms with Crippen molar-refractivity contribution < 1.29 is 17.6 Å². The average Bonchev–Trinajstić information content (AvgIpc) is 2.77. The lowest BCUT2D eigenvalue weighted by Crippen LogP contribution is -2.11. The smallest absolute Gasteiger partial charge is 0.417 e. The first-order chi connectivity index (χ1) is 10.8. The number of H-pyrrole nitrogens is 1. The maximum atomic E-state index is 13.0. The molecule has 1 aromatic carbocycles. The van der Waals surface area contributed by atoms with E-state index in [4.69, 9.17) is 4.42 Å². The first-order valence-electron chi connectivity index (χ1n) is 6.69. The Hall–Kier alpha value is -2.77. The number of aryl methyl sites for hydroxylation is 2. The van der Waals surface area contributed by atoms with Crippen molar-refractivity contribution in [2.24, 2.45) is 0 Å². The summed E-state index contributed by atoms with van der Waals surface area (Å²) in [7, 11) is 0. The molecular formula is C15H12F3N3O2. The highest BCUT2D eigenvalue weighted by Crippen LogP contribution is 2.35. The lowest BCUT2D eigenvalue weighted by Gasteiger charge is -2.11. The zero-order valence-electron chi connectivity index (χ0n) is 12.2. The van der Waals surface area contributed by atoms with Crippen LogP contribution in [0.15, 0.2) is 33.5 Å². The van der Waals surface area contributed by atoms with E-state index in [2.05, 4.69) is 15.5 Å². The molecule has 23 heavy (non-hydrogen) atoms. The third-order valence-electron chi connectivity index (χ3n) is 3.45. The fraction of sp³-hybridized carbons (Fsp3) is 0.200. The second-order valence-corrected chi connectivity index (χ2v) is 5.12. The van der Waals surface area contributed by atoms with Gasteiger partial charge >= 0.3 is 11.8 Å². The number of hydrogen-bond acceptors (Lipinski definition) is 4. The minimum Gasteiger partial charge on any atom is -0.423 e. The molecule has 120 valence electrons. The number of hydrogen-bond donors (Lipinski definition) is 2. The van der Waals surface area contributed by atoms with Crippen LogP contribution < -0.4 is 10.9 Å². The molecule has 0 aliphatic carbocycles. The molecule has 0 bridgehead atoms. The number of alkyl halides is 3. The Morgan fingerprint density at radius 2 is 1.96 bits per heavy atom. The lowest BCUT2D eigenvalue weighted by molar-refractivity contribution is -0.136. The first-order valence-corrected chi connectivity index (χ1v) is 6.69. The molecule has 2 N–H and O–H groups in total. The quantitative estimate of drug-likeness (QED) is 0.702. The molecule has 0 saturated heterocycles. The van der Waals surface area contributed by atoms with Crippen LogP contribution in [0.5, 0.6) is 0 Å². The van der Waals surface area contributed by atoms with Gasteiger partial charge in [0.05, 0.1) is 22.6 Å². The number of nitrogens with zero attached hydrogens (tertiary/aromatic N) is 1. The Bertz CT molecular complexity index is 922. The van der Waals surface area contributed by atoms with Gasteiger partial charge in [0, 0.05) is 23.2 Å². The van der Waals surface area contributed by atoms with Crippen molar-refractivity contribution in [3.05, 3.63) is 51.6 Å². The SMILES string of the molecule is Cc1n[nH]c(C)c1Nc1ccc2c(C(F)(F)F)cc(=O)oc2c1. The van der Waals surface area contributed by atoms with Crippen LogP contribution in [-0.4, -0.2) is 10.2 Å². The van der Waals surface area contributed by atoms with Crippen LogP contribution in [0, 0.1) is 13.8 Å². The number of rotatable bonds is 2. The zero-order valence-corrected chi connectivity index (χ0v) is 12.2. The van der Waals surface area contributed by atoms with Crippen molar-refractivity contribution in [1.29, 1.82) is 0 Å². The topological polar surface area (TPSA) is 70.9 Å². The third kappa shape index (κ3) is 2.79. The van der Waals surface area contributed by atoms with Gasteiger partial charge in [-0.1, -0.05) is 0 Å². The van der Waals surface area contributed by atoms with Gasteiger partial charge in [-0.2, -0.15) is 18.3 Å². The highest BCUT2D eigenvalue weighted by molar-refractivity contribution is 5.85. The van der Waals surface area contributed by atoms with Crippen LogP contribution in [-0.2, 0) is 6.18 Å². The number of nitrogens with one attached hydrogen (secondary N) is 2. The summed E-state index contributed by atoms with van der Waals surface area (Å²) in [4.78, 5) is 11.4. The second kappa shape index (κ2) is 5.15. The fourth-order valence-corrected chi connectivity index (χ4v) is 2.35. The summed E-state index contributed by atoms with van der Waals surface area (Å²) in [5, 5.41) is 9.71. The first kappa shape index (κ1) is 15.1. The summed E-state index contributed by atoms with van der Waals surface area (Å²) in [6.07, 6.45) is -4.62. The van der Waals surface area contributed by atoms with Crippen molar-refractivity contribution in [1.82, 2.24) is 10.2 Å². The molecule has 8 heteroatoms. The van der Waals surface area contributed by atoms with Gasteiger partial charge in [0.25, 0.3) is 0 Å². The van der Waals surface area contributed by atoms with Gasteiger partial charge < -0.3 is 9.73 Å². The number of benzene rings is 1. The number of aromatic amines is 1. The van der Waals surface area contributed by atoms with Crippen LogP contribution in [0.2, 0.25) is 0 Å². The minimum absolute atomic E-state index is 0.131. The van der Waals surface area contributed by atoms with E-state index in [1.807, 2.05) is 6.92 Å². The maximum absolute atomic E-state index is 13.0. The fourth-order valence-electron chi connectivity index (χ4n) is 2.35. The molecular weight excluding hydrogens is 311 g/mol. The summed E-state index contributed by atoms with van der Waals surface area (Å²) in [5.41, 5.74) is 0.532. The third-order valence-corrected chi connectivity index (χ3v) is 3.45. The molecule has 0 radical (unpaired) electrons. The monoisotopic (exact) mass is 323 g/mol. The summed E-state index contributed by atoms with van der Waals surface area (Å²) < 4.78 is 43.9. The predicted molar refractivity (Wildman–Crippen MR) is 78.8 cm³/mol. The summed E-state index contributed by atoms with van der Waals surface area (Å²) in [6.45, 7) is 3.60. The van der Waals surface area contributed by atoms with E-state index in [0.29, 0.717) is 17.4 Å². The van der Waals surface area contributed by atoms with Gasteiger partial charge in [0.2, 0.25) is 0 Å². The standard InChI is InChI=1S/C15H12F3N3O2/c1-7-14(8(2)21-20-7)19-9-3-4-10-11(15(16,17)18)6-13(22)23-12(10)5-9/h3-6,19H,1-2H3,(H,20,21). The molecule has 0 amide bonds. The van der Waals surface area contributed by atoms with E-state index in [0.717, 1.165) is 11.4 Å². The zero-order chi connectivity index (χ0) is 16.8. The molecule has 0 unspecified atom stereocenters. The molecule has 0 fully saturated rings. The summed E-state index contributed by atoms with van der Waals surface area (Å²) in [6, 6.07) is 4.58. The highest BCUT2D eigenvalue weighted by atomic mass is 19.4. The van der Waals surface area contributed by atoms with Gasteiger partial charge in [0.15, 0.2) is 0 Å². The molecule has 0 aliphatic heterocycles. The molecule has 0 aliphatic rings. The average molecular weight is 323 g/mol. The van der Waals surface area contributed by atoms with Gasteiger partial charge in [-0.3, -0.25) is 5.10 Å². The van der Waals surface area contributed by atoms with Crippen molar-refractivity contribution >= 4 is 22.3 Å². The van der Waals surface area contributed by atoms with Crippen LogP contribution in [0.25, 0.3) is 11.0 Å². The Morgan fingerprint density at radius 1 is 1.22 bits per heavy atom. The molecule has 3 aromatic rings. The van der Waals surface area contributed by atoms with Gasteiger partial charge in [-0.15, -0.1) is 0 Å². The van der Waals surface area contributed by atoms with E-state index in [-0.39, 0.29) is 11.0 Å². The van der Waals surface area contributed by atoms with Gasteiger partial charge in [-0.25, -0.2) is 4.79 Å². The van der Waals surface area contributed by atoms with Crippen LogP contribution >= 0.6 is 0 Å². The Kier molecular flexibility index (Phi) is 3.39. The van der Waals surface area contributed by atoms with E-state index in [1.54, 1.807) is 6.92 Å². The molecule has 3 rings (SSSR count). The molecule has 2 heterocycles. The molecule has 0 saturated carbocycles. The predicted octanol–water partition coefficient (Wildman–Crippen LogP) is 3.90. The Balaban J connectivity index is 2.11. The molecule has 0 atom stereocenters. The molecule has 0 spiro atoms. The van der Waals surface area contributed by atoms with Crippen LogP contribution in [0.3, 0.4) is 0 Å². The van der Waals surface area contributed by atoms with E-state index < -0.39 is 17.4 Å². The number of anilines is 2. The van der Waals surface area contributed by atoms with Crippen LogP contribution in [0.4, 0.5) is 24.5 Å². The second-order valence-electron chi connectivity index (χ2n) is 5.12. The van der Waals surface area contributed by atoms with E-state index in [9.17, 15) is 18.0 Å².